The lowest BCUT2D eigenvalue weighted by Crippen LogP contribution is -2.02. The quantitative estimate of drug-likeness (QED) is 0.694. The predicted molar refractivity (Wildman–Crippen MR) is 54.5 cm³/mol. The van der Waals surface area contributed by atoms with Crippen LogP contribution in [0.2, 0.25) is 0 Å². The smallest absolute Gasteiger partial charge is 0.0797 e. The lowest BCUT2D eigenvalue weighted by atomic mass is 10.1. The Morgan fingerprint density at radius 1 is 1.38 bits per heavy atom. The van der Waals surface area contributed by atoms with Gasteiger partial charge in [-0.3, -0.25) is 0 Å². The first-order valence-corrected chi connectivity index (χ1v) is 4.41. The van der Waals surface area contributed by atoms with Crippen molar-refractivity contribution in [3.05, 3.63) is 54.3 Å². The summed E-state index contributed by atoms with van der Waals surface area (Å²) in [7, 11) is 0. The molecule has 1 atom stereocenters. The van der Waals surface area contributed by atoms with Gasteiger partial charge >= 0.3 is 0 Å². The molecule has 1 aromatic rings. The number of rotatable bonds is 4. The minimum atomic E-state index is -0.419. The van der Waals surface area contributed by atoms with Crippen molar-refractivity contribution in [2.45, 2.75) is 18.9 Å². The molecule has 0 saturated carbocycles. The maximum absolute atomic E-state index is 9.35. The van der Waals surface area contributed by atoms with Crippen molar-refractivity contribution < 1.29 is 5.11 Å². The zero-order chi connectivity index (χ0) is 9.52. The third-order valence-corrected chi connectivity index (χ3v) is 1.88. The molecule has 0 radical (unpaired) electrons. The average molecular weight is 174 g/mol. The average Bonchev–Trinajstić information content (AvgIpc) is 2.17. The molecule has 0 aliphatic rings. The third kappa shape index (κ3) is 3.75. The molecule has 0 fully saturated rings. The third-order valence-electron chi connectivity index (χ3n) is 1.88. The molecular formula is C12H14O. The standard InChI is InChI=1S/C12H14O/c1-2-6-12(13)10-9-11-7-4-3-5-8-11/h3-8,12-13H,1,9-10H2. The molecular weight excluding hydrogens is 160 g/mol. The maximum Gasteiger partial charge on any atom is 0.0797 e. The van der Waals surface area contributed by atoms with E-state index in [1.54, 1.807) is 6.08 Å². The number of benzene rings is 1. The van der Waals surface area contributed by atoms with Crippen molar-refractivity contribution in [1.82, 2.24) is 0 Å². The molecule has 1 unspecified atom stereocenters. The number of hydrogen-bond donors (Lipinski definition) is 1. The molecule has 0 spiro atoms. The molecule has 0 aliphatic carbocycles. The van der Waals surface area contributed by atoms with Crippen LogP contribution < -0.4 is 0 Å². The predicted octanol–water partition coefficient (Wildman–Crippen LogP) is 2.32. The van der Waals surface area contributed by atoms with Crippen LogP contribution in [-0.4, -0.2) is 11.2 Å². The van der Waals surface area contributed by atoms with E-state index in [2.05, 4.69) is 24.4 Å². The summed E-state index contributed by atoms with van der Waals surface area (Å²) in [6.45, 7) is 3.42. The lowest BCUT2D eigenvalue weighted by molar-refractivity contribution is 0.213. The van der Waals surface area contributed by atoms with Gasteiger partial charge in [-0.1, -0.05) is 36.9 Å². The van der Waals surface area contributed by atoms with Gasteiger partial charge in [-0.15, -0.1) is 5.73 Å². The van der Waals surface area contributed by atoms with Crippen LogP contribution in [0.5, 0.6) is 0 Å². The molecule has 1 rings (SSSR count). The van der Waals surface area contributed by atoms with E-state index in [-0.39, 0.29) is 0 Å². The highest BCUT2D eigenvalue weighted by molar-refractivity contribution is 5.14. The first-order chi connectivity index (χ1) is 6.33. The molecule has 0 amide bonds. The van der Waals surface area contributed by atoms with E-state index in [1.165, 1.54) is 5.56 Å². The molecule has 1 N–H and O–H groups in total. The van der Waals surface area contributed by atoms with Gasteiger partial charge in [0.05, 0.1) is 6.10 Å². The number of aliphatic hydroxyl groups is 1. The van der Waals surface area contributed by atoms with Crippen LogP contribution in [0.4, 0.5) is 0 Å². The van der Waals surface area contributed by atoms with Crippen LogP contribution in [0.3, 0.4) is 0 Å². The van der Waals surface area contributed by atoms with Gasteiger partial charge in [0.15, 0.2) is 0 Å². The molecule has 1 aromatic carbocycles. The fourth-order valence-corrected chi connectivity index (χ4v) is 1.18. The van der Waals surface area contributed by atoms with Gasteiger partial charge < -0.3 is 5.11 Å². The Hall–Kier alpha value is -1.30. The van der Waals surface area contributed by atoms with E-state index >= 15 is 0 Å². The van der Waals surface area contributed by atoms with Crippen LogP contribution in [-0.2, 0) is 6.42 Å². The van der Waals surface area contributed by atoms with Gasteiger partial charge in [0, 0.05) is 0 Å². The van der Waals surface area contributed by atoms with E-state index < -0.39 is 6.10 Å². The molecule has 0 aliphatic heterocycles. The fraction of sp³-hybridized carbons (Fsp3) is 0.250. The lowest BCUT2D eigenvalue weighted by Gasteiger charge is -2.03. The molecule has 1 heteroatoms. The summed E-state index contributed by atoms with van der Waals surface area (Å²) in [5.41, 5.74) is 3.83. The zero-order valence-electron chi connectivity index (χ0n) is 7.61. The SMILES string of the molecule is C=C=CC(O)CCc1ccccc1. The van der Waals surface area contributed by atoms with Gasteiger partial charge in [0.2, 0.25) is 0 Å². The number of aryl methyl sites for hydroxylation is 1. The Kier molecular flexibility index (Phi) is 4.04. The highest BCUT2D eigenvalue weighted by Crippen LogP contribution is 2.04. The van der Waals surface area contributed by atoms with Crippen molar-refractivity contribution in [3.63, 3.8) is 0 Å². The van der Waals surface area contributed by atoms with E-state index in [4.69, 9.17) is 0 Å². The fourth-order valence-electron chi connectivity index (χ4n) is 1.18. The maximum atomic E-state index is 9.35. The molecule has 68 valence electrons. The Labute approximate surface area is 79.0 Å². The summed E-state index contributed by atoms with van der Waals surface area (Å²) in [6, 6.07) is 10.1. The second-order valence-corrected chi connectivity index (χ2v) is 2.96. The normalized spacial score (nSPS) is 11.8. The van der Waals surface area contributed by atoms with Gasteiger partial charge in [-0.05, 0) is 24.5 Å². The summed E-state index contributed by atoms with van der Waals surface area (Å²) in [6.07, 6.45) is 2.79. The van der Waals surface area contributed by atoms with Crippen LogP contribution in [0.15, 0.2) is 48.7 Å². The summed E-state index contributed by atoms with van der Waals surface area (Å²) < 4.78 is 0. The van der Waals surface area contributed by atoms with E-state index in [0.717, 1.165) is 12.8 Å². The molecule has 0 aromatic heterocycles. The van der Waals surface area contributed by atoms with Crippen molar-refractivity contribution in [1.29, 1.82) is 0 Å². The van der Waals surface area contributed by atoms with Gasteiger partial charge in [-0.25, -0.2) is 0 Å². The highest BCUT2D eigenvalue weighted by atomic mass is 16.3. The van der Waals surface area contributed by atoms with Crippen LogP contribution in [0.1, 0.15) is 12.0 Å². The second-order valence-electron chi connectivity index (χ2n) is 2.96. The van der Waals surface area contributed by atoms with Crippen LogP contribution >= 0.6 is 0 Å². The molecule has 13 heavy (non-hydrogen) atoms. The van der Waals surface area contributed by atoms with Crippen LogP contribution in [0, 0.1) is 0 Å². The number of hydrogen-bond acceptors (Lipinski definition) is 1. The van der Waals surface area contributed by atoms with Crippen LogP contribution in [0.25, 0.3) is 0 Å². The summed E-state index contributed by atoms with van der Waals surface area (Å²) in [5.74, 6) is 0. The number of aliphatic hydroxyl groups excluding tert-OH is 1. The minimum Gasteiger partial charge on any atom is -0.388 e. The first-order valence-electron chi connectivity index (χ1n) is 4.41. The molecule has 1 nitrogen and oxygen atoms in total. The molecule has 0 bridgehead atoms. The minimum absolute atomic E-state index is 0.419. The van der Waals surface area contributed by atoms with Crippen molar-refractivity contribution in [3.8, 4) is 0 Å². The summed E-state index contributed by atoms with van der Waals surface area (Å²) in [4.78, 5) is 0. The van der Waals surface area contributed by atoms with E-state index in [9.17, 15) is 5.11 Å². The van der Waals surface area contributed by atoms with E-state index in [1.807, 2.05) is 18.2 Å². The zero-order valence-corrected chi connectivity index (χ0v) is 7.61. The van der Waals surface area contributed by atoms with E-state index in [0.29, 0.717) is 0 Å². The Morgan fingerprint density at radius 3 is 2.69 bits per heavy atom. The first kappa shape index (κ1) is 9.79. The van der Waals surface area contributed by atoms with Gasteiger partial charge in [0.1, 0.15) is 0 Å². The summed E-state index contributed by atoms with van der Waals surface area (Å²) in [5, 5.41) is 9.35. The Balaban J connectivity index is 2.39. The second kappa shape index (κ2) is 5.36. The Bertz CT molecular complexity index is 283. The van der Waals surface area contributed by atoms with Gasteiger partial charge in [-0.2, -0.15) is 0 Å². The Morgan fingerprint density at radius 2 is 2.08 bits per heavy atom. The largest absolute Gasteiger partial charge is 0.388 e. The van der Waals surface area contributed by atoms with Gasteiger partial charge in [0.25, 0.3) is 0 Å². The molecule has 0 heterocycles. The van der Waals surface area contributed by atoms with Crippen molar-refractivity contribution >= 4 is 0 Å². The van der Waals surface area contributed by atoms with Crippen molar-refractivity contribution in [2.24, 2.45) is 0 Å². The topological polar surface area (TPSA) is 20.2 Å². The van der Waals surface area contributed by atoms with Crippen molar-refractivity contribution in [2.75, 3.05) is 0 Å². The highest BCUT2D eigenvalue weighted by Gasteiger charge is 1.98. The summed E-state index contributed by atoms with van der Waals surface area (Å²) >= 11 is 0. The molecule has 0 saturated heterocycles. The monoisotopic (exact) mass is 174 g/mol.